The maximum atomic E-state index is 13.0. The Morgan fingerprint density at radius 1 is 0.829 bits per heavy atom. The SMILES string of the molecule is CCOc1cc(NC(=O)C(N=Nc2cc(Cl)c(OCC)c(OCC)c2)C(C)=O)c(OCC)cc1Cl. The summed E-state index contributed by atoms with van der Waals surface area (Å²) < 4.78 is 22.2. The van der Waals surface area contributed by atoms with Crippen molar-refractivity contribution in [1.82, 2.24) is 0 Å². The van der Waals surface area contributed by atoms with Crippen molar-refractivity contribution in [2.45, 2.75) is 40.7 Å². The van der Waals surface area contributed by atoms with Crippen LogP contribution in [-0.2, 0) is 9.59 Å². The van der Waals surface area contributed by atoms with Crippen molar-refractivity contribution >= 4 is 46.3 Å². The normalized spacial score (nSPS) is 11.7. The van der Waals surface area contributed by atoms with Crippen molar-refractivity contribution in [3.05, 3.63) is 34.3 Å². The molecular formula is C24H29Cl2N3O6. The van der Waals surface area contributed by atoms with E-state index in [1.807, 2.05) is 13.8 Å². The number of hydrogen-bond acceptors (Lipinski definition) is 8. The summed E-state index contributed by atoms with van der Waals surface area (Å²) in [5, 5.41) is 11.3. The third kappa shape index (κ3) is 7.73. The van der Waals surface area contributed by atoms with E-state index in [1.54, 1.807) is 19.9 Å². The molecule has 0 saturated carbocycles. The number of rotatable bonds is 13. The van der Waals surface area contributed by atoms with Gasteiger partial charge in [0.05, 0.1) is 47.8 Å². The lowest BCUT2D eigenvalue weighted by Gasteiger charge is -2.16. The van der Waals surface area contributed by atoms with Crippen LogP contribution in [0.2, 0.25) is 10.0 Å². The zero-order chi connectivity index (χ0) is 26.0. The molecule has 0 aromatic heterocycles. The zero-order valence-corrected chi connectivity index (χ0v) is 21.8. The minimum atomic E-state index is -1.42. The Labute approximate surface area is 214 Å². The van der Waals surface area contributed by atoms with E-state index in [2.05, 4.69) is 15.5 Å². The smallest absolute Gasteiger partial charge is 0.258 e. The van der Waals surface area contributed by atoms with Crippen LogP contribution in [-0.4, -0.2) is 44.2 Å². The molecule has 190 valence electrons. The number of ketones is 1. The molecule has 11 heteroatoms. The molecule has 0 radical (unpaired) electrons. The van der Waals surface area contributed by atoms with E-state index < -0.39 is 17.7 Å². The maximum absolute atomic E-state index is 13.0. The first-order valence-corrected chi connectivity index (χ1v) is 11.9. The summed E-state index contributed by atoms with van der Waals surface area (Å²) in [6.07, 6.45) is 0. The van der Waals surface area contributed by atoms with Gasteiger partial charge in [0.2, 0.25) is 6.04 Å². The highest BCUT2D eigenvalue weighted by atomic mass is 35.5. The minimum absolute atomic E-state index is 0.265. The van der Waals surface area contributed by atoms with Crippen LogP contribution < -0.4 is 24.3 Å². The Bertz CT molecular complexity index is 1080. The lowest BCUT2D eigenvalue weighted by atomic mass is 10.2. The second-order valence-electron chi connectivity index (χ2n) is 6.98. The van der Waals surface area contributed by atoms with Gasteiger partial charge >= 0.3 is 0 Å². The predicted molar refractivity (Wildman–Crippen MR) is 135 cm³/mol. The summed E-state index contributed by atoms with van der Waals surface area (Å²) in [7, 11) is 0. The second-order valence-corrected chi connectivity index (χ2v) is 7.80. The molecule has 1 N–H and O–H groups in total. The molecule has 0 spiro atoms. The molecule has 0 aliphatic rings. The van der Waals surface area contributed by atoms with Crippen molar-refractivity contribution in [3.63, 3.8) is 0 Å². The van der Waals surface area contributed by atoms with Gasteiger partial charge in [-0.05, 0) is 40.7 Å². The molecule has 0 aliphatic heterocycles. The molecule has 0 saturated heterocycles. The summed E-state index contributed by atoms with van der Waals surface area (Å²) >= 11 is 12.5. The van der Waals surface area contributed by atoms with Gasteiger partial charge in [-0.15, -0.1) is 0 Å². The molecule has 2 aromatic rings. The Hall–Kier alpha value is -3.04. The standard InChI is InChI=1S/C24H29Cl2N3O6/c1-6-32-19-13-18(20(33-7-2)12-16(19)25)27-24(31)22(14(5)30)29-28-15-10-17(26)23(35-9-4)21(11-15)34-8-3/h10-13,22H,6-9H2,1-5H3,(H,27,31). The van der Waals surface area contributed by atoms with E-state index in [4.69, 9.17) is 42.1 Å². The highest BCUT2D eigenvalue weighted by molar-refractivity contribution is 6.33. The summed E-state index contributed by atoms with van der Waals surface area (Å²) in [5.41, 5.74) is 0.579. The lowest BCUT2D eigenvalue weighted by molar-refractivity contribution is -0.126. The highest BCUT2D eigenvalue weighted by Crippen LogP contribution is 2.40. The Morgan fingerprint density at radius 2 is 1.43 bits per heavy atom. The average molecular weight is 526 g/mol. The number of nitrogens with zero attached hydrogens (tertiary/aromatic N) is 2. The quantitative estimate of drug-likeness (QED) is 0.244. The van der Waals surface area contributed by atoms with Gasteiger partial charge in [0.1, 0.15) is 11.5 Å². The van der Waals surface area contributed by atoms with Crippen LogP contribution in [0.1, 0.15) is 34.6 Å². The molecule has 9 nitrogen and oxygen atoms in total. The van der Waals surface area contributed by atoms with Gasteiger partial charge in [0.25, 0.3) is 5.91 Å². The fourth-order valence-corrected chi connectivity index (χ4v) is 3.44. The summed E-state index contributed by atoms with van der Waals surface area (Å²) in [5.74, 6) is 0.242. The van der Waals surface area contributed by atoms with E-state index in [0.29, 0.717) is 60.1 Å². The van der Waals surface area contributed by atoms with E-state index in [1.165, 1.54) is 25.1 Å². The van der Waals surface area contributed by atoms with Gasteiger partial charge in [-0.2, -0.15) is 10.2 Å². The molecule has 2 rings (SSSR count). The van der Waals surface area contributed by atoms with E-state index in [0.717, 1.165) is 0 Å². The van der Waals surface area contributed by atoms with Crippen molar-refractivity contribution in [3.8, 4) is 23.0 Å². The van der Waals surface area contributed by atoms with Crippen LogP contribution in [0.5, 0.6) is 23.0 Å². The minimum Gasteiger partial charge on any atom is -0.492 e. The Balaban J connectivity index is 2.35. The monoisotopic (exact) mass is 525 g/mol. The van der Waals surface area contributed by atoms with Crippen molar-refractivity contribution in [2.75, 3.05) is 31.7 Å². The number of amides is 1. The predicted octanol–water partition coefficient (Wildman–Crippen LogP) is 6.27. The Morgan fingerprint density at radius 3 is 2.03 bits per heavy atom. The maximum Gasteiger partial charge on any atom is 0.258 e. The van der Waals surface area contributed by atoms with Crippen LogP contribution in [0.25, 0.3) is 0 Å². The third-order valence-electron chi connectivity index (χ3n) is 4.40. The van der Waals surface area contributed by atoms with E-state index >= 15 is 0 Å². The van der Waals surface area contributed by atoms with Crippen molar-refractivity contribution in [2.24, 2.45) is 10.2 Å². The first kappa shape index (κ1) is 28.2. The molecule has 0 fully saturated rings. The number of carbonyl (C=O) groups is 2. The molecule has 1 unspecified atom stereocenters. The van der Waals surface area contributed by atoms with Crippen LogP contribution in [0.4, 0.5) is 11.4 Å². The van der Waals surface area contributed by atoms with Gasteiger partial charge in [0.15, 0.2) is 17.3 Å². The van der Waals surface area contributed by atoms with Crippen molar-refractivity contribution < 1.29 is 28.5 Å². The Kier molecular flexibility index (Phi) is 11.1. The molecule has 0 bridgehead atoms. The second kappa shape index (κ2) is 13.7. The van der Waals surface area contributed by atoms with Crippen molar-refractivity contribution in [1.29, 1.82) is 0 Å². The third-order valence-corrected chi connectivity index (χ3v) is 4.97. The average Bonchev–Trinajstić information content (AvgIpc) is 2.79. The molecular weight excluding hydrogens is 497 g/mol. The molecule has 0 aliphatic carbocycles. The van der Waals surface area contributed by atoms with Gasteiger partial charge in [-0.3, -0.25) is 9.59 Å². The van der Waals surface area contributed by atoms with Crippen LogP contribution in [0.15, 0.2) is 34.5 Å². The molecule has 2 aromatic carbocycles. The van der Waals surface area contributed by atoms with E-state index in [-0.39, 0.29) is 10.7 Å². The molecule has 35 heavy (non-hydrogen) atoms. The van der Waals surface area contributed by atoms with Gasteiger partial charge < -0.3 is 24.3 Å². The summed E-state index contributed by atoms with van der Waals surface area (Å²) in [6.45, 7) is 9.97. The van der Waals surface area contributed by atoms with Gasteiger partial charge in [-0.1, -0.05) is 23.2 Å². The summed E-state index contributed by atoms with van der Waals surface area (Å²) in [6, 6.07) is 4.72. The molecule has 1 atom stereocenters. The number of azo groups is 1. The number of nitrogens with one attached hydrogen (secondary N) is 1. The molecule has 1 amide bonds. The highest BCUT2D eigenvalue weighted by Gasteiger charge is 2.25. The number of carbonyl (C=O) groups excluding carboxylic acids is 2. The van der Waals surface area contributed by atoms with E-state index in [9.17, 15) is 9.59 Å². The number of halogens is 2. The number of ether oxygens (including phenoxy) is 4. The van der Waals surface area contributed by atoms with Gasteiger partial charge in [-0.25, -0.2) is 0 Å². The number of anilines is 1. The fourth-order valence-electron chi connectivity index (χ4n) is 2.98. The van der Waals surface area contributed by atoms with Gasteiger partial charge in [0, 0.05) is 18.2 Å². The number of Topliss-reactive ketones (excluding diaryl/α,β-unsaturated/α-hetero) is 1. The van der Waals surface area contributed by atoms with Crippen LogP contribution >= 0.6 is 23.2 Å². The number of hydrogen-bond donors (Lipinski definition) is 1. The topological polar surface area (TPSA) is 108 Å². The zero-order valence-electron chi connectivity index (χ0n) is 20.3. The molecule has 0 heterocycles. The van der Waals surface area contributed by atoms with Crippen LogP contribution in [0.3, 0.4) is 0 Å². The first-order valence-electron chi connectivity index (χ1n) is 11.2. The fraction of sp³-hybridized carbons (Fsp3) is 0.417. The first-order chi connectivity index (χ1) is 16.7. The number of benzene rings is 2. The summed E-state index contributed by atoms with van der Waals surface area (Å²) in [4.78, 5) is 25.2. The lowest BCUT2D eigenvalue weighted by Crippen LogP contribution is -2.32. The van der Waals surface area contributed by atoms with Crippen LogP contribution in [0, 0.1) is 0 Å². The largest absolute Gasteiger partial charge is 0.492 e.